The maximum absolute atomic E-state index is 13.1. The van der Waals surface area contributed by atoms with Gasteiger partial charge in [0.2, 0.25) is 0 Å². The Kier molecular flexibility index (Phi) is 7.72. The highest BCUT2D eigenvalue weighted by atomic mass is 35.5. The summed E-state index contributed by atoms with van der Waals surface area (Å²) < 4.78 is 20.9. The summed E-state index contributed by atoms with van der Waals surface area (Å²) in [6.45, 7) is 4.76. The zero-order valence-electron chi connectivity index (χ0n) is 20.8. The van der Waals surface area contributed by atoms with E-state index in [4.69, 9.17) is 16.3 Å². The van der Waals surface area contributed by atoms with E-state index in [1.807, 2.05) is 6.92 Å². The van der Waals surface area contributed by atoms with Crippen molar-refractivity contribution in [1.29, 1.82) is 0 Å². The average Bonchev–Trinajstić information content (AvgIpc) is 3.30. The van der Waals surface area contributed by atoms with Crippen LogP contribution in [0.1, 0.15) is 47.1 Å². The van der Waals surface area contributed by atoms with Crippen LogP contribution in [0.15, 0.2) is 66.9 Å². The third kappa shape index (κ3) is 5.95. The van der Waals surface area contributed by atoms with Crippen LogP contribution in [0.5, 0.6) is 0 Å². The van der Waals surface area contributed by atoms with Gasteiger partial charge in [-0.25, -0.2) is 9.37 Å². The van der Waals surface area contributed by atoms with E-state index in [2.05, 4.69) is 39.5 Å². The minimum absolute atomic E-state index is 0.154. The molecule has 0 spiro atoms. The number of aromatic nitrogens is 2. The number of imidazole rings is 1. The van der Waals surface area contributed by atoms with Crippen LogP contribution < -0.4 is 10.2 Å². The lowest BCUT2D eigenvalue weighted by atomic mass is 10.1. The highest BCUT2D eigenvalue weighted by Crippen LogP contribution is 2.23. The zero-order valence-corrected chi connectivity index (χ0v) is 21.5. The molecule has 2 aromatic heterocycles. The quantitative estimate of drug-likeness (QED) is 0.319. The Labute approximate surface area is 221 Å². The number of benzene rings is 2. The van der Waals surface area contributed by atoms with Crippen molar-refractivity contribution in [3.05, 3.63) is 100 Å². The number of pyridine rings is 1. The molecule has 8 heteroatoms. The van der Waals surface area contributed by atoms with Crippen LogP contribution in [0.3, 0.4) is 0 Å². The Hall–Kier alpha value is -3.42. The number of halogens is 2. The normalized spacial score (nSPS) is 14.3. The third-order valence-corrected chi connectivity index (χ3v) is 7.04. The van der Waals surface area contributed by atoms with Crippen molar-refractivity contribution in [3.63, 3.8) is 0 Å². The molecule has 37 heavy (non-hydrogen) atoms. The molecular weight excluding hydrogens is 491 g/mol. The van der Waals surface area contributed by atoms with Gasteiger partial charge in [-0.3, -0.25) is 9.20 Å². The molecule has 3 heterocycles. The summed E-state index contributed by atoms with van der Waals surface area (Å²) >= 11 is 6.09. The summed E-state index contributed by atoms with van der Waals surface area (Å²) in [5, 5.41) is 3.63. The summed E-state index contributed by atoms with van der Waals surface area (Å²) in [4.78, 5) is 19.9. The van der Waals surface area contributed by atoms with E-state index in [9.17, 15) is 9.18 Å². The molecule has 1 saturated heterocycles. The number of amides is 1. The number of rotatable bonds is 8. The molecule has 6 nitrogen and oxygen atoms in total. The molecular formula is C29H30ClFN4O2. The fourth-order valence-electron chi connectivity index (χ4n) is 4.72. The molecule has 1 fully saturated rings. The van der Waals surface area contributed by atoms with Gasteiger partial charge >= 0.3 is 0 Å². The monoisotopic (exact) mass is 520 g/mol. The maximum atomic E-state index is 13.1. The van der Waals surface area contributed by atoms with Crippen LogP contribution >= 0.6 is 11.6 Å². The number of nitrogens with zero attached hydrogens (tertiary/aromatic N) is 3. The van der Waals surface area contributed by atoms with Gasteiger partial charge in [-0.15, -0.1) is 0 Å². The number of hydrogen-bond donors (Lipinski definition) is 1. The Balaban J connectivity index is 1.13. The molecule has 5 rings (SSSR count). The van der Waals surface area contributed by atoms with Crippen LogP contribution in [-0.2, 0) is 24.3 Å². The van der Waals surface area contributed by atoms with Crippen LogP contribution in [0.2, 0.25) is 5.02 Å². The van der Waals surface area contributed by atoms with E-state index in [-0.39, 0.29) is 17.8 Å². The number of anilines is 1. The number of nitrogens with one attached hydrogen (secondary N) is 1. The molecule has 1 aliphatic rings. The van der Waals surface area contributed by atoms with E-state index in [1.165, 1.54) is 17.8 Å². The number of ether oxygens (including phenoxy) is 1. The van der Waals surface area contributed by atoms with E-state index in [1.54, 1.807) is 34.9 Å². The second-order valence-electron chi connectivity index (χ2n) is 9.31. The molecule has 0 bridgehead atoms. The molecule has 0 radical (unpaired) electrons. The number of aryl methyl sites for hydroxylation is 1. The van der Waals surface area contributed by atoms with Gasteiger partial charge in [-0.05, 0) is 60.7 Å². The Morgan fingerprint density at radius 2 is 1.78 bits per heavy atom. The number of fused-ring (bicyclic) bond motifs is 1. The number of carbonyl (C=O) groups is 1. The first-order valence-electron chi connectivity index (χ1n) is 12.6. The minimum atomic E-state index is -0.228. The molecule has 1 aliphatic heterocycles. The van der Waals surface area contributed by atoms with Crippen molar-refractivity contribution in [3.8, 4) is 0 Å². The summed E-state index contributed by atoms with van der Waals surface area (Å²) in [5.74, 6) is -0.382. The molecule has 0 aliphatic carbocycles. The van der Waals surface area contributed by atoms with Crippen molar-refractivity contribution in [1.82, 2.24) is 14.7 Å². The van der Waals surface area contributed by atoms with Gasteiger partial charge in [0.1, 0.15) is 17.2 Å². The zero-order chi connectivity index (χ0) is 25.8. The molecule has 0 saturated carbocycles. The summed E-state index contributed by atoms with van der Waals surface area (Å²) in [6, 6.07) is 18.3. The summed E-state index contributed by atoms with van der Waals surface area (Å²) in [7, 11) is 0. The van der Waals surface area contributed by atoms with Gasteiger partial charge in [-0.2, -0.15) is 0 Å². The lowest BCUT2D eigenvalue weighted by Crippen LogP contribution is -2.37. The van der Waals surface area contributed by atoms with Gasteiger partial charge in [0.25, 0.3) is 5.91 Å². The van der Waals surface area contributed by atoms with Crippen LogP contribution in [-0.4, -0.2) is 34.5 Å². The summed E-state index contributed by atoms with van der Waals surface area (Å²) in [6.07, 6.45) is 4.54. The first kappa shape index (κ1) is 25.2. The highest BCUT2D eigenvalue weighted by Gasteiger charge is 2.21. The molecule has 1 N–H and O–H groups in total. The number of carbonyl (C=O) groups excluding carboxylic acids is 1. The van der Waals surface area contributed by atoms with E-state index < -0.39 is 0 Å². The van der Waals surface area contributed by atoms with Crippen molar-refractivity contribution in [2.24, 2.45) is 0 Å². The third-order valence-electron chi connectivity index (χ3n) is 6.81. The highest BCUT2D eigenvalue weighted by molar-refractivity contribution is 6.30. The first-order chi connectivity index (χ1) is 18.0. The van der Waals surface area contributed by atoms with Crippen molar-refractivity contribution >= 4 is 28.8 Å². The van der Waals surface area contributed by atoms with Gasteiger partial charge < -0.3 is 15.0 Å². The largest absolute Gasteiger partial charge is 0.373 e. The second-order valence-corrected chi connectivity index (χ2v) is 9.74. The van der Waals surface area contributed by atoms with E-state index in [0.717, 1.165) is 42.8 Å². The molecule has 0 atom stereocenters. The van der Waals surface area contributed by atoms with Crippen LogP contribution in [0, 0.1) is 5.82 Å². The Bertz CT molecular complexity index is 1360. The van der Waals surface area contributed by atoms with Crippen molar-refractivity contribution < 1.29 is 13.9 Å². The molecule has 192 valence electrons. The predicted octanol–water partition coefficient (Wildman–Crippen LogP) is 5.80. The van der Waals surface area contributed by atoms with Gasteiger partial charge in [-0.1, -0.05) is 42.8 Å². The Morgan fingerprint density at radius 1 is 1.08 bits per heavy atom. The molecule has 2 aromatic carbocycles. The van der Waals surface area contributed by atoms with Crippen LogP contribution in [0.4, 0.5) is 10.1 Å². The van der Waals surface area contributed by atoms with Crippen molar-refractivity contribution in [2.75, 3.05) is 18.0 Å². The fraction of sp³-hybridized carbons (Fsp3) is 0.310. The number of hydrogen-bond acceptors (Lipinski definition) is 4. The lowest BCUT2D eigenvalue weighted by molar-refractivity contribution is 0.0251. The topological polar surface area (TPSA) is 58.9 Å². The average molecular weight is 521 g/mol. The molecule has 1 amide bonds. The molecule has 0 unspecified atom stereocenters. The SMILES string of the molecule is CCc1nc2cc(Cl)ccn2c1C(=O)NCc1ccc(N2CCC(OCc3ccc(F)cc3)CC2)cc1. The van der Waals surface area contributed by atoms with Crippen molar-refractivity contribution in [2.45, 2.75) is 45.4 Å². The maximum Gasteiger partial charge on any atom is 0.270 e. The van der Waals surface area contributed by atoms with Crippen LogP contribution in [0.25, 0.3) is 5.65 Å². The second kappa shape index (κ2) is 11.3. The smallest absolute Gasteiger partial charge is 0.270 e. The lowest BCUT2D eigenvalue weighted by Gasteiger charge is -2.33. The standard InChI is InChI=1S/C29H30ClFN4O2/c1-2-26-28(35-16-11-22(30)17-27(35)33-26)29(36)32-18-20-5-9-24(10-6-20)34-14-12-25(13-15-34)37-19-21-3-7-23(31)8-4-21/h3-11,16-17,25H,2,12-15,18-19H2,1H3,(H,32,36). The predicted molar refractivity (Wildman–Crippen MR) is 144 cm³/mol. The van der Waals surface area contributed by atoms with Gasteiger partial charge in [0.05, 0.1) is 18.4 Å². The number of piperidine rings is 1. The van der Waals surface area contributed by atoms with E-state index in [0.29, 0.717) is 35.9 Å². The molecule has 4 aromatic rings. The van der Waals surface area contributed by atoms with E-state index >= 15 is 0 Å². The van der Waals surface area contributed by atoms with Gasteiger partial charge in [0.15, 0.2) is 0 Å². The Morgan fingerprint density at radius 3 is 2.49 bits per heavy atom. The first-order valence-corrected chi connectivity index (χ1v) is 13.0. The minimum Gasteiger partial charge on any atom is -0.373 e. The van der Waals surface area contributed by atoms with Gasteiger partial charge in [0, 0.05) is 42.6 Å². The fourth-order valence-corrected chi connectivity index (χ4v) is 4.88. The summed E-state index contributed by atoms with van der Waals surface area (Å²) in [5.41, 5.74) is 5.16.